The molecule has 0 unspecified atom stereocenters. The van der Waals surface area contributed by atoms with Crippen molar-refractivity contribution in [1.29, 1.82) is 0 Å². The molecule has 1 aromatic rings. The highest BCUT2D eigenvalue weighted by Crippen LogP contribution is 2.15. The Labute approximate surface area is 84.4 Å². The standard InChI is InChI=1S/C11H17NO2/c1-4-5-12-8(2)6-10(9(12)3)11(14)7-13/h6,13H,4-5,7H2,1-3H3. The molecule has 0 aliphatic rings. The molecule has 1 heterocycles. The molecular weight excluding hydrogens is 178 g/mol. The van der Waals surface area contributed by atoms with E-state index >= 15 is 0 Å². The van der Waals surface area contributed by atoms with Crippen LogP contribution in [0.5, 0.6) is 0 Å². The zero-order valence-corrected chi connectivity index (χ0v) is 9.00. The summed E-state index contributed by atoms with van der Waals surface area (Å²) in [6.07, 6.45) is 1.04. The van der Waals surface area contributed by atoms with Gasteiger partial charge in [0.25, 0.3) is 0 Å². The minimum Gasteiger partial charge on any atom is -0.388 e. The molecular formula is C11H17NO2. The predicted molar refractivity (Wildman–Crippen MR) is 55.6 cm³/mol. The number of ketones is 1. The quantitative estimate of drug-likeness (QED) is 0.743. The normalized spacial score (nSPS) is 10.6. The van der Waals surface area contributed by atoms with E-state index in [4.69, 9.17) is 5.11 Å². The first-order chi connectivity index (χ1) is 6.61. The zero-order valence-electron chi connectivity index (χ0n) is 9.00. The SMILES string of the molecule is CCCn1c(C)cc(C(=O)CO)c1C. The average molecular weight is 195 g/mol. The van der Waals surface area contributed by atoms with Gasteiger partial charge in [0.05, 0.1) is 0 Å². The number of aryl methyl sites for hydroxylation is 1. The van der Waals surface area contributed by atoms with Crippen molar-refractivity contribution in [2.24, 2.45) is 0 Å². The minimum absolute atomic E-state index is 0.194. The van der Waals surface area contributed by atoms with Gasteiger partial charge in [-0.3, -0.25) is 4.79 Å². The minimum atomic E-state index is -0.406. The maximum atomic E-state index is 11.3. The maximum absolute atomic E-state index is 11.3. The number of carbonyl (C=O) groups excluding carboxylic acids is 1. The highest BCUT2D eigenvalue weighted by Gasteiger charge is 2.13. The molecule has 0 saturated heterocycles. The van der Waals surface area contributed by atoms with Crippen molar-refractivity contribution in [3.05, 3.63) is 23.0 Å². The lowest BCUT2D eigenvalue weighted by Gasteiger charge is -2.07. The van der Waals surface area contributed by atoms with Gasteiger partial charge < -0.3 is 9.67 Å². The maximum Gasteiger partial charge on any atom is 0.189 e. The molecule has 0 saturated carbocycles. The van der Waals surface area contributed by atoms with Crippen molar-refractivity contribution in [3.8, 4) is 0 Å². The zero-order chi connectivity index (χ0) is 10.7. The molecule has 0 aliphatic heterocycles. The number of hydrogen-bond donors (Lipinski definition) is 1. The molecule has 0 spiro atoms. The van der Waals surface area contributed by atoms with Crippen LogP contribution in [0.2, 0.25) is 0 Å². The van der Waals surface area contributed by atoms with E-state index in [1.54, 1.807) is 0 Å². The Morgan fingerprint density at radius 3 is 2.64 bits per heavy atom. The molecule has 0 aliphatic carbocycles. The van der Waals surface area contributed by atoms with E-state index in [-0.39, 0.29) is 5.78 Å². The van der Waals surface area contributed by atoms with Crippen LogP contribution in [0, 0.1) is 13.8 Å². The van der Waals surface area contributed by atoms with Crippen molar-refractivity contribution in [2.45, 2.75) is 33.7 Å². The van der Waals surface area contributed by atoms with Crippen LogP contribution in [-0.2, 0) is 6.54 Å². The van der Waals surface area contributed by atoms with E-state index in [0.29, 0.717) is 5.56 Å². The van der Waals surface area contributed by atoms with E-state index in [2.05, 4.69) is 11.5 Å². The molecule has 1 rings (SSSR count). The van der Waals surface area contributed by atoms with Crippen LogP contribution in [0.1, 0.15) is 35.1 Å². The summed E-state index contributed by atoms with van der Waals surface area (Å²) in [5.41, 5.74) is 2.70. The fourth-order valence-corrected chi connectivity index (χ4v) is 1.74. The van der Waals surface area contributed by atoms with Crippen LogP contribution in [0.4, 0.5) is 0 Å². The number of carbonyl (C=O) groups is 1. The Balaban J connectivity index is 3.10. The highest BCUT2D eigenvalue weighted by molar-refractivity contribution is 5.98. The van der Waals surface area contributed by atoms with Gasteiger partial charge in [-0.25, -0.2) is 0 Å². The van der Waals surface area contributed by atoms with Gasteiger partial charge in [0.15, 0.2) is 5.78 Å². The molecule has 0 bridgehead atoms. The molecule has 0 atom stereocenters. The molecule has 14 heavy (non-hydrogen) atoms. The number of hydrogen-bond acceptors (Lipinski definition) is 2. The van der Waals surface area contributed by atoms with Crippen LogP contribution in [-0.4, -0.2) is 22.1 Å². The smallest absolute Gasteiger partial charge is 0.189 e. The summed E-state index contributed by atoms with van der Waals surface area (Å²) in [6.45, 7) is 6.53. The number of Topliss-reactive ketones (excluding diaryl/α,β-unsaturated/α-hetero) is 1. The van der Waals surface area contributed by atoms with E-state index in [0.717, 1.165) is 24.4 Å². The van der Waals surface area contributed by atoms with Crippen LogP contribution in [0.3, 0.4) is 0 Å². The second-order valence-electron chi connectivity index (χ2n) is 3.52. The van der Waals surface area contributed by atoms with Crippen LogP contribution >= 0.6 is 0 Å². The fourth-order valence-electron chi connectivity index (χ4n) is 1.74. The first-order valence-corrected chi connectivity index (χ1v) is 4.92. The Bertz CT molecular complexity index is 339. The van der Waals surface area contributed by atoms with Gasteiger partial charge in [-0.2, -0.15) is 0 Å². The second kappa shape index (κ2) is 4.42. The molecule has 1 aromatic heterocycles. The van der Waals surface area contributed by atoms with Gasteiger partial charge >= 0.3 is 0 Å². The first kappa shape index (κ1) is 11.0. The molecule has 1 N–H and O–H groups in total. The van der Waals surface area contributed by atoms with Gasteiger partial charge in [-0.1, -0.05) is 6.92 Å². The monoisotopic (exact) mass is 195 g/mol. The second-order valence-corrected chi connectivity index (χ2v) is 3.52. The molecule has 3 heteroatoms. The van der Waals surface area contributed by atoms with E-state index in [1.807, 2.05) is 19.9 Å². The largest absolute Gasteiger partial charge is 0.388 e. The first-order valence-electron chi connectivity index (χ1n) is 4.92. The van der Waals surface area contributed by atoms with Gasteiger partial charge in [0.2, 0.25) is 0 Å². The lowest BCUT2D eigenvalue weighted by molar-refractivity contribution is 0.0903. The van der Waals surface area contributed by atoms with Crippen LogP contribution < -0.4 is 0 Å². The summed E-state index contributed by atoms with van der Waals surface area (Å²) in [4.78, 5) is 11.3. The van der Waals surface area contributed by atoms with Gasteiger partial charge in [-0.05, 0) is 26.3 Å². The lowest BCUT2D eigenvalue weighted by atomic mass is 10.2. The van der Waals surface area contributed by atoms with Crippen molar-refractivity contribution < 1.29 is 9.90 Å². The summed E-state index contributed by atoms with van der Waals surface area (Å²) < 4.78 is 2.11. The molecule has 0 fully saturated rings. The number of aliphatic hydroxyl groups excluding tert-OH is 1. The van der Waals surface area contributed by atoms with E-state index < -0.39 is 6.61 Å². The molecule has 78 valence electrons. The fraction of sp³-hybridized carbons (Fsp3) is 0.545. The summed E-state index contributed by atoms with van der Waals surface area (Å²) >= 11 is 0. The van der Waals surface area contributed by atoms with Crippen molar-refractivity contribution in [3.63, 3.8) is 0 Å². The third-order valence-corrected chi connectivity index (χ3v) is 2.46. The summed E-state index contributed by atoms with van der Waals surface area (Å²) in [7, 11) is 0. The molecule has 0 amide bonds. The highest BCUT2D eigenvalue weighted by atomic mass is 16.3. The molecule has 0 aromatic carbocycles. The van der Waals surface area contributed by atoms with Gasteiger partial charge in [0, 0.05) is 23.5 Å². The Kier molecular flexibility index (Phi) is 3.47. The van der Waals surface area contributed by atoms with Crippen LogP contribution in [0.15, 0.2) is 6.07 Å². The third-order valence-electron chi connectivity index (χ3n) is 2.46. The number of nitrogens with zero attached hydrogens (tertiary/aromatic N) is 1. The molecule has 3 nitrogen and oxygen atoms in total. The number of rotatable bonds is 4. The summed E-state index contributed by atoms with van der Waals surface area (Å²) in [5, 5.41) is 8.78. The lowest BCUT2D eigenvalue weighted by Crippen LogP contribution is -2.07. The predicted octanol–water partition coefficient (Wildman–Crippen LogP) is 1.69. The Morgan fingerprint density at radius 1 is 1.50 bits per heavy atom. The Morgan fingerprint density at radius 2 is 2.14 bits per heavy atom. The topological polar surface area (TPSA) is 42.2 Å². The summed E-state index contributed by atoms with van der Waals surface area (Å²) in [5.74, 6) is -0.194. The van der Waals surface area contributed by atoms with Crippen molar-refractivity contribution in [1.82, 2.24) is 4.57 Å². The van der Waals surface area contributed by atoms with Crippen LogP contribution in [0.25, 0.3) is 0 Å². The van der Waals surface area contributed by atoms with Gasteiger partial charge in [0.1, 0.15) is 6.61 Å². The van der Waals surface area contributed by atoms with E-state index in [1.165, 1.54) is 0 Å². The summed E-state index contributed by atoms with van der Waals surface area (Å²) in [6, 6.07) is 1.85. The molecule has 0 radical (unpaired) electrons. The number of aliphatic hydroxyl groups is 1. The average Bonchev–Trinajstić information content (AvgIpc) is 2.45. The van der Waals surface area contributed by atoms with E-state index in [9.17, 15) is 4.79 Å². The number of aromatic nitrogens is 1. The van der Waals surface area contributed by atoms with Crippen molar-refractivity contribution in [2.75, 3.05) is 6.61 Å². The third kappa shape index (κ3) is 1.87. The van der Waals surface area contributed by atoms with Crippen molar-refractivity contribution >= 4 is 5.78 Å². The Hall–Kier alpha value is -1.09. The van der Waals surface area contributed by atoms with Gasteiger partial charge in [-0.15, -0.1) is 0 Å².